The fraction of sp³-hybridized carbons (Fsp3) is 0.769. The molecule has 0 aliphatic rings. The molecule has 2 N–H and O–H groups in total. The third kappa shape index (κ3) is 10.3. The minimum Gasteiger partial charge on any atom is -0.324 e. The first-order valence-electron chi connectivity index (χ1n) is 12.1. The fourth-order valence-electron chi connectivity index (χ4n) is 4.30. The van der Waals surface area contributed by atoms with Crippen LogP contribution in [0.2, 0.25) is 0 Å². The Kier molecular flexibility index (Phi) is 14.5. The number of hydrogen-bond acceptors (Lipinski definition) is 1. The second-order valence-corrected chi connectivity index (χ2v) is 8.33. The maximum Gasteiger partial charge on any atom is 0.0297 e. The van der Waals surface area contributed by atoms with Crippen molar-refractivity contribution in [2.75, 3.05) is 0 Å². The molecule has 0 saturated heterocycles. The third-order valence-electron chi connectivity index (χ3n) is 6.06. The van der Waals surface area contributed by atoms with Crippen molar-refractivity contribution in [3.8, 4) is 0 Å². The summed E-state index contributed by atoms with van der Waals surface area (Å²) in [6.45, 7) is 6.80. The van der Waals surface area contributed by atoms with Gasteiger partial charge in [0.1, 0.15) is 0 Å². The average Bonchev–Trinajstić information content (AvgIpc) is 2.70. The molecule has 0 amide bonds. The maximum absolute atomic E-state index is 6.53. The van der Waals surface area contributed by atoms with Crippen molar-refractivity contribution in [2.45, 2.75) is 130 Å². The smallest absolute Gasteiger partial charge is 0.0297 e. The molecule has 1 aromatic carbocycles. The summed E-state index contributed by atoms with van der Waals surface area (Å²) in [5.41, 5.74) is 10.9. The lowest BCUT2D eigenvalue weighted by molar-refractivity contribution is 0.521. The molecular formula is C26H47N. The summed E-state index contributed by atoms with van der Waals surface area (Å²) in [6.07, 6.45) is 21.7. The SMILES string of the molecule is CCCCCCCCCCCCCCCC(N)c1cccc(CC)c1CC. The molecule has 156 valence electrons. The van der Waals surface area contributed by atoms with Gasteiger partial charge in [-0.1, -0.05) is 122 Å². The number of rotatable bonds is 17. The van der Waals surface area contributed by atoms with Gasteiger partial charge in [0.2, 0.25) is 0 Å². The number of nitrogens with two attached hydrogens (primary N) is 1. The number of benzene rings is 1. The predicted octanol–water partition coefficient (Wildman–Crippen LogP) is 8.29. The molecular weight excluding hydrogens is 326 g/mol. The molecule has 0 aromatic heterocycles. The van der Waals surface area contributed by atoms with Gasteiger partial charge in [0.25, 0.3) is 0 Å². The summed E-state index contributed by atoms with van der Waals surface area (Å²) in [7, 11) is 0. The Morgan fingerprint density at radius 1 is 0.667 bits per heavy atom. The molecule has 0 radical (unpaired) electrons. The molecule has 0 heterocycles. The van der Waals surface area contributed by atoms with Crippen molar-refractivity contribution in [1.29, 1.82) is 0 Å². The first-order valence-corrected chi connectivity index (χ1v) is 12.1. The number of hydrogen-bond donors (Lipinski definition) is 1. The van der Waals surface area contributed by atoms with E-state index in [1.165, 1.54) is 100 Å². The van der Waals surface area contributed by atoms with E-state index in [1.807, 2.05) is 0 Å². The lowest BCUT2D eigenvalue weighted by Gasteiger charge is -2.18. The molecule has 0 bridgehead atoms. The minimum absolute atomic E-state index is 0.221. The van der Waals surface area contributed by atoms with E-state index >= 15 is 0 Å². The monoisotopic (exact) mass is 373 g/mol. The van der Waals surface area contributed by atoms with Gasteiger partial charge in [0, 0.05) is 6.04 Å². The molecule has 0 saturated carbocycles. The maximum atomic E-state index is 6.53. The van der Waals surface area contributed by atoms with Crippen LogP contribution in [0.3, 0.4) is 0 Å². The Balaban J connectivity index is 2.05. The van der Waals surface area contributed by atoms with Crippen LogP contribution in [0.15, 0.2) is 18.2 Å². The van der Waals surface area contributed by atoms with Gasteiger partial charge in [-0.3, -0.25) is 0 Å². The van der Waals surface area contributed by atoms with E-state index in [4.69, 9.17) is 5.73 Å². The Morgan fingerprint density at radius 2 is 1.19 bits per heavy atom. The van der Waals surface area contributed by atoms with Crippen molar-refractivity contribution in [3.05, 3.63) is 34.9 Å². The van der Waals surface area contributed by atoms with Gasteiger partial charge in [-0.25, -0.2) is 0 Å². The standard InChI is InChI=1S/C26H47N/c1-4-7-8-9-10-11-12-13-14-15-16-17-18-22-26(27)25-21-19-20-23(5-2)24(25)6-3/h19-21,26H,4-18,22,27H2,1-3H3. The average molecular weight is 374 g/mol. The van der Waals surface area contributed by atoms with Crippen molar-refractivity contribution in [3.63, 3.8) is 0 Å². The van der Waals surface area contributed by atoms with E-state index in [2.05, 4.69) is 39.0 Å². The second-order valence-electron chi connectivity index (χ2n) is 8.33. The van der Waals surface area contributed by atoms with Crippen molar-refractivity contribution in [1.82, 2.24) is 0 Å². The largest absolute Gasteiger partial charge is 0.324 e. The van der Waals surface area contributed by atoms with E-state index in [0.717, 1.165) is 19.3 Å². The summed E-state index contributed by atoms with van der Waals surface area (Å²) < 4.78 is 0. The highest BCUT2D eigenvalue weighted by molar-refractivity contribution is 5.37. The summed E-state index contributed by atoms with van der Waals surface area (Å²) in [5.74, 6) is 0. The van der Waals surface area contributed by atoms with Crippen LogP contribution in [-0.4, -0.2) is 0 Å². The van der Waals surface area contributed by atoms with E-state index < -0.39 is 0 Å². The summed E-state index contributed by atoms with van der Waals surface area (Å²) >= 11 is 0. The molecule has 0 fully saturated rings. The minimum atomic E-state index is 0.221. The molecule has 1 rings (SSSR count). The van der Waals surface area contributed by atoms with Gasteiger partial charge in [0.15, 0.2) is 0 Å². The number of aryl methyl sites for hydroxylation is 1. The zero-order valence-electron chi connectivity index (χ0n) is 18.7. The third-order valence-corrected chi connectivity index (χ3v) is 6.06. The normalized spacial score (nSPS) is 12.4. The zero-order valence-corrected chi connectivity index (χ0v) is 18.7. The van der Waals surface area contributed by atoms with Gasteiger partial charge in [-0.05, 0) is 36.0 Å². The van der Waals surface area contributed by atoms with Crippen LogP contribution in [0.4, 0.5) is 0 Å². The highest BCUT2D eigenvalue weighted by Gasteiger charge is 2.12. The van der Waals surface area contributed by atoms with Crippen LogP contribution in [0.5, 0.6) is 0 Å². The zero-order chi connectivity index (χ0) is 19.7. The van der Waals surface area contributed by atoms with Gasteiger partial charge >= 0.3 is 0 Å². The van der Waals surface area contributed by atoms with Crippen molar-refractivity contribution in [2.24, 2.45) is 5.73 Å². The van der Waals surface area contributed by atoms with Crippen molar-refractivity contribution < 1.29 is 0 Å². The first kappa shape index (κ1) is 24.2. The van der Waals surface area contributed by atoms with E-state index in [-0.39, 0.29) is 6.04 Å². The molecule has 1 unspecified atom stereocenters. The Labute approximate surface area is 170 Å². The summed E-state index contributed by atoms with van der Waals surface area (Å²) in [5, 5.41) is 0. The molecule has 27 heavy (non-hydrogen) atoms. The number of unbranched alkanes of at least 4 members (excludes halogenated alkanes) is 12. The van der Waals surface area contributed by atoms with Crippen molar-refractivity contribution >= 4 is 0 Å². The predicted molar refractivity (Wildman–Crippen MR) is 122 cm³/mol. The second kappa shape index (κ2) is 16.2. The van der Waals surface area contributed by atoms with E-state index in [1.54, 1.807) is 0 Å². The van der Waals surface area contributed by atoms with Gasteiger partial charge in [-0.2, -0.15) is 0 Å². The molecule has 1 heteroatoms. The quantitative estimate of drug-likeness (QED) is 0.273. The highest BCUT2D eigenvalue weighted by atomic mass is 14.6. The van der Waals surface area contributed by atoms with Crippen LogP contribution in [0, 0.1) is 0 Å². The van der Waals surface area contributed by atoms with Crippen LogP contribution in [-0.2, 0) is 12.8 Å². The van der Waals surface area contributed by atoms with Crippen LogP contribution >= 0.6 is 0 Å². The van der Waals surface area contributed by atoms with Gasteiger partial charge < -0.3 is 5.73 Å². The summed E-state index contributed by atoms with van der Waals surface area (Å²) in [4.78, 5) is 0. The van der Waals surface area contributed by atoms with Crippen LogP contribution < -0.4 is 5.73 Å². The molecule has 0 aliphatic heterocycles. The van der Waals surface area contributed by atoms with Crippen LogP contribution in [0.1, 0.15) is 133 Å². The Morgan fingerprint density at radius 3 is 1.67 bits per heavy atom. The van der Waals surface area contributed by atoms with E-state index in [0.29, 0.717) is 0 Å². The summed E-state index contributed by atoms with van der Waals surface area (Å²) in [6, 6.07) is 6.93. The first-order chi connectivity index (χ1) is 13.2. The molecule has 1 nitrogen and oxygen atoms in total. The molecule has 1 aromatic rings. The fourth-order valence-corrected chi connectivity index (χ4v) is 4.30. The lowest BCUT2D eigenvalue weighted by atomic mass is 9.91. The van der Waals surface area contributed by atoms with Gasteiger partial charge in [-0.15, -0.1) is 0 Å². The lowest BCUT2D eigenvalue weighted by Crippen LogP contribution is -2.13. The van der Waals surface area contributed by atoms with Gasteiger partial charge in [0.05, 0.1) is 0 Å². The Bertz CT molecular complexity index is 465. The molecule has 1 atom stereocenters. The highest BCUT2D eigenvalue weighted by Crippen LogP contribution is 2.25. The van der Waals surface area contributed by atoms with E-state index in [9.17, 15) is 0 Å². The molecule has 0 aliphatic carbocycles. The topological polar surface area (TPSA) is 26.0 Å². The Hall–Kier alpha value is -0.820. The van der Waals surface area contributed by atoms with Crippen LogP contribution in [0.25, 0.3) is 0 Å². The molecule has 0 spiro atoms.